The first-order valence-corrected chi connectivity index (χ1v) is 7.93. The molecule has 0 heterocycles. The van der Waals surface area contributed by atoms with Gasteiger partial charge in [0, 0.05) is 19.1 Å². The minimum Gasteiger partial charge on any atom is -0.316 e. The molecule has 0 saturated heterocycles. The zero-order valence-corrected chi connectivity index (χ0v) is 11.2. The Hall–Kier alpha value is -0.130. The first kappa shape index (κ1) is 13.9. The van der Waals surface area contributed by atoms with E-state index in [0.717, 1.165) is 19.4 Å². The topological polar surface area (TPSA) is 49.4 Å². The van der Waals surface area contributed by atoms with Crippen molar-refractivity contribution >= 4 is 10.0 Å². The minimum atomic E-state index is -3.06. The lowest BCUT2D eigenvalue weighted by molar-refractivity contribution is 0.335. The van der Waals surface area contributed by atoms with E-state index in [9.17, 15) is 8.42 Å². The molecular formula is C11H24N2O2S. The lowest BCUT2D eigenvalue weighted by Crippen LogP contribution is -2.41. The Balaban J connectivity index is 2.55. The first-order chi connectivity index (χ1) is 7.61. The van der Waals surface area contributed by atoms with Gasteiger partial charge in [-0.1, -0.05) is 26.7 Å². The molecule has 0 bridgehead atoms. The van der Waals surface area contributed by atoms with Crippen molar-refractivity contribution in [2.75, 3.05) is 25.4 Å². The van der Waals surface area contributed by atoms with E-state index in [1.165, 1.54) is 12.8 Å². The summed E-state index contributed by atoms with van der Waals surface area (Å²) in [7, 11) is -3.06. The molecule has 4 nitrogen and oxygen atoms in total. The lowest BCUT2D eigenvalue weighted by Gasteiger charge is -2.26. The van der Waals surface area contributed by atoms with E-state index in [2.05, 4.69) is 5.32 Å². The molecule has 1 aliphatic rings. The van der Waals surface area contributed by atoms with Gasteiger partial charge in [0.2, 0.25) is 10.0 Å². The van der Waals surface area contributed by atoms with E-state index in [0.29, 0.717) is 13.1 Å². The van der Waals surface area contributed by atoms with Gasteiger partial charge in [0.15, 0.2) is 0 Å². The number of nitrogens with one attached hydrogen (secondary N) is 1. The van der Waals surface area contributed by atoms with E-state index in [-0.39, 0.29) is 11.8 Å². The van der Waals surface area contributed by atoms with E-state index in [1.807, 2.05) is 13.8 Å². The summed E-state index contributed by atoms with van der Waals surface area (Å²) in [6.07, 6.45) is 4.41. The van der Waals surface area contributed by atoms with Gasteiger partial charge < -0.3 is 5.32 Å². The van der Waals surface area contributed by atoms with E-state index in [1.54, 1.807) is 4.31 Å². The van der Waals surface area contributed by atoms with Gasteiger partial charge >= 0.3 is 0 Å². The van der Waals surface area contributed by atoms with Crippen molar-refractivity contribution in [2.24, 2.45) is 0 Å². The molecule has 1 fully saturated rings. The summed E-state index contributed by atoms with van der Waals surface area (Å²) in [5.41, 5.74) is 0. The van der Waals surface area contributed by atoms with Crippen LogP contribution in [0.5, 0.6) is 0 Å². The normalized spacial score (nSPS) is 18.4. The monoisotopic (exact) mass is 248 g/mol. The van der Waals surface area contributed by atoms with Crippen molar-refractivity contribution in [2.45, 2.75) is 45.6 Å². The summed E-state index contributed by atoms with van der Waals surface area (Å²) in [6, 6.07) is 0.261. The smallest absolute Gasteiger partial charge is 0.215 e. The molecule has 0 aliphatic heterocycles. The van der Waals surface area contributed by atoms with Crippen LogP contribution < -0.4 is 5.32 Å². The van der Waals surface area contributed by atoms with Crippen molar-refractivity contribution in [3.63, 3.8) is 0 Å². The fourth-order valence-electron chi connectivity index (χ4n) is 2.37. The summed E-state index contributed by atoms with van der Waals surface area (Å²) < 4.78 is 25.9. The standard InChI is InChI=1S/C11H24N2O2S/c1-3-12-9-10-16(14,15)13(4-2)11-7-5-6-8-11/h11-12H,3-10H2,1-2H3. The van der Waals surface area contributed by atoms with E-state index < -0.39 is 10.0 Å². The van der Waals surface area contributed by atoms with Gasteiger partial charge in [-0.05, 0) is 19.4 Å². The summed E-state index contributed by atoms with van der Waals surface area (Å²) in [5.74, 6) is 0.227. The maximum Gasteiger partial charge on any atom is 0.215 e. The molecule has 1 saturated carbocycles. The van der Waals surface area contributed by atoms with Crippen LogP contribution in [0.1, 0.15) is 39.5 Å². The van der Waals surface area contributed by atoms with Crippen LogP contribution in [0.2, 0.25) is 0 Å². The fraction of sp³-hybridized carbons (Fsp3) is 1.00. The molecule has 0 aromatic rings. The summed E-state index contributed by atoms with van der Waals surface area (Å²) >= 11 is 0. The molecule has 0 unspecified atom stereocenters. The predicted octanol–water partition coefficient (Wildman–Crippen LogP) is 1.19. The molecular weight excluding hydrogens is 224 g/mol. The highest BCUT2D eigenvalue weighted by Crippen LogP contribution is 2.25. The molecule has 0 amide bonds. The highest BCUT2D eigenvalue weighted by Gasteiger charge is 2.29. The molecule has 96 valence electrons. The number of hydrogen-bond donors (Lipinski definition) is 1. The van der Waals surface area contributed by atoms with Crippen molar-refractivity contribution in [3.05, 3.63) is 0 Å². The second kappa shape index (κ2) is 6.57. The van der Waals surface area contributed by atoms with Gasteiger partial charge in [-0.3, -0.25) is 0 Å². The molecule has 0 aromatic heterocycles. The van der Waals surface area contributed by atoms with Gasteiger partial charge in [-0.25, -0.2) is 8.42 Å². The molecule has 16 heavy (non-hydrogen) atoms. The van der Waals surface area contributed by atoms with E-state index in [4.69, 9.17) is 0 Å². The Morgan fingerprint density at radius 2 is 1.88 bits per heavy atom. The van der Waals surface area contributed by atoms with Gasteiger partial charge in [-0.2, -0.15) is 4.31 Å². The Bertz CT molecular complexity index is 284. The average molecular weight is 248 g/mol. The van der Waals surface area contributed by atoms with Crippen LogP contribution in [0.15, 0.2) is 0 Å². The predicted molar refractivity (Wildman–Crippen MR) is 67.0 cm³/mol. The Labute approximate surface area is 99.5 Å². The molecule has 0 radical (unpaired) electrons. The third-order valence-corrected chi connectivity index (χ3v) is 5.18. The average Bonchev–Trinajstić information content (AvgIpc) is 2.72. The molecule has 0 atom stereocenters. The van der Waals surface area contributed by atoms with Gasteiger partial charge in [0.1, 0.15) is 0 Å². The SMILES string of the molecule is CCNCCS(=O)(=O)N(CC)C1CCCC1. The van der Waals surface area contributed by atoms with Crippen molar-refractivity contribution in [3.8, 4) is 0 Å². The zero-order valence-electron chi connectivity index (χ0n) is 10.4. The van der Waals surface area contributed by atoms with Gasteiger partial charge in [0.25, 0.3) is 0 Å². The van der Waals surface area contributed by atoms with Crippen LogP contribution in [-0.4, -0.2) is 44.2 Å². The van der Waals surface area contributed by atoms with Crippen LogP contribution in [0, 0.1) is 0 Å². The van der Waals surface area contributed by atoms with Crippen molar-refractivity contribution in [1.29, 1.82) is 0 Å². The highest BCUT2D eigenvalue weighted by molar-refractivity contribution is 7.89. The second-order valence-corrected chi connectivity index (χ2v) is 6.35. The maximum absolute atomic E-state index is 12.1. The third-order valence-electron chi connectivity index (χ3n) is 3.19. The van der Waals surface area contributed by atoms with Crippen LogP contribution in [0.25, 0.3) is 0 Å². The Kier molecular flexibility index (Phi) is 5.72. The van der Waals surface area contributed by atoms with E-state index >= 15 is 0 Å². The van der Waals surface area contributed by atoms with Gasteiger partial charge in [0.05, 0.1) is 5.75 Å². The van der Waals surface area contributed by atoms with Crippen LogP contribution >= 0.6 is 0 Å². The molecule has 1 rings (SSSR count). The molecule has 5 heteroatoms. The molecule has 0 aromatic carbocycles. The van der Waals surface area contributed by atoms with Gasteiger partial charge in [-0.15, -0.1) is 0 Å². The molecule has 1 N–H and O–H groups in total. The number of sulfonamides is 1. The molecule has 1 aliphatic carbocycles. The third kappa shape index (κ3) is 3.71. The minimum absolute atomic E-state index is 0.227. The number of nitrogens with zero attached hydrogens (tertiary/aromatic N) is 1. The van der Waals surface area contributed by atoms with Crippen LogP contribution in [0.3, 0.4) is 0 Å². The maximum atomic E-state index is 12.1. The van der Waals surface area contributed by atoms with Crippen LogP contribution in [0.4, 0.5) is 0 Å². The van der Waals surface area contributed by atoms with Crippen LogP contribution in [-0.2, 0) is 10.0 Å². The zero-order chi connectivity index (χ0) is 12.0. The number of rotatable bonds is 7. The largest absolute Gasteiger partial charge is 0.316 e. The van der Waals surface area contributed by atoms with Crippen molar-refractivity contribution < 1.29 is 8.42 Å². The molecule has 0 spiro atoms. The summed E-state index contributed by atoms with van der Waals surface area (Å²) in [6.45, 7) is 5.91. The summed E-state index contributed by atoms with van der Waals surface area (Å²) in [5, 5.41) is 3.07. The lowest BCUT2D eigenvalue weighted by atomic mass is 10.2. The summed E-state index contributed by atoms with van der Waals surface area (Å²) in [4.78, 5) is 0. The fourth-order valence-corrected chi connectivity index (χ4v) is 4.06. The first-order valence-electron chi connectivity index (χ1n) is 6.32. The number of hydrogen-bond acceptors (Lipinski definition) is 3. The quantitative estimate of drug-likeness (QED) is 0.689. The van der Waals surface area contributed by atoms with Crippen molar-refractivity contribution in [1.82, 2.24) is 9.62 Å². The Morgan fingerprint density at radius 3 is 2.38 bits per heavy atom. The highest BCUT2D eigenvalue weighted by atomic mass is 32.2. The Morgan fingerprint density at radius 1 is 1.25 bits per heavy atom. The second-order valence-electron chi connectivity index (χ2n) is 4.31.